The second-order valence-electron chi connectivity index (χ2n) is 4.34. The highest BCUT2D eigenvalue weighted by Crippen LogP contribution is 2.31. The van der Waals surface area contributed by atoms with Crippen molar-refractivity contribution in [2.75, 3.05) is 19.0 Å². The highest BCUT2D eigenvalue weighted by molar-refractivity contribution is 6.29. The van der Waals surface area contributed by atoms with E-state index >= 15 is 0 Å². The zero-order valence-electron chi connectivity index (χ0n) is 11.1. The topological polar surface area (TPSA) is 38.2 Å². The first-order valence-corrected chi connectivity index (χ1v) is 6.20. The minimum absolute atomic E-state index is 0.266. The SMILES string of the molecule is CN(C)c1cccc(Oc2cc(Cl)nc(C(F)(F)F)n2)c1. The Bertz CT molecular complexity index is 647. The molecule has 2 rings (SSSR count). The first kappa shape index (κ1) is 15.4. The molecular formula is C13H11ClF3N3O. The molecule has 112 valence electrons. The van der Waals surface area contributed by atoms with Gasteiger partial charge in [0.15, 0.2) is 0 Å². The predicted molar refractivity (Wildman–Crippen MR) is 72.9 cm³/mol. The molecule has 0 spiro atoms. The second-order valence-corrected chi connectivity index (χ2v) is 4.73. The van der Waals surface area contributed by atoms with Crippen molar-refractivity contribution in [2.24, 2.45) is 0 Å². The van der Waals surface area contributed by atoms with Crippen LogP contribution in [0.4, 0.5) is 18.9 Å². The summed E-state index contributed by atoms with van der Waals surface area (Å²) < 4.78 is 43.2. The molecule has 0 amide bonds. The van der Waals surface area contributed by atoms with E-state index in [2.05, 4.69) is 9.97 Å². The summed E-state index contributed by atoms with van der Waals surface area (Å²) in [6.07, 6.45) is -4.69. The van der Waals surface area contributed by atoms with Crippen LogP contribution in [0, 0.1) is 0 Å². The molecule has 1 aromatic heterocycles. The van der Waals surface area contributed by atoms with E-state index in [4.69, 9.17) is 16.3 Å². The summed E-state index contributed by atoms with van der Waals surface area (Å²) in [6, 6.07) is 7.96. The van der Waals surface area contributed by atoms with Crippen LogP contribution in [0.5, 0.6) is 11.6 Å². The van der Waals surface area contributed by atoms with E-state index in [0.717, 1.165) is 11.8 Å². The van der Waals surface area contributed by atoms with Gasteiger partial charge in [0.25, 0.3) is 0 Å². The first-order valence-electron chi connectivity index (χ1n) is 5.83. The van der Waals surface area contributed by atoms with Crippen LogP contribution in [0.2, 0.25) is 5.15 Å². The second kappa shape index (κ2) is 5.77. The van der Waals surface area contributed by atoms with Crippen molar-refractivity contribution in [2.45, 2.75) is 6.18 Å². The average Bonchev–Trinajstić information content (AvgIpc) is 2.37. The quantitative estimate of drug-likeness (QED) is 0.802. The number of anilines is 1. The zero-order chi connectivity index (χ0) is 15.6. The van der Waals surface area contributed by atoms with Crippen molar-refractivity contribution < 1.29 is 17.9 Å². The maximum absolute atomic E-state index is 12.6. The van der Waals surface area contributed by atoms with E-state index in [1.165, 1.54) is 0 Å². The molecule has 8 heteroatoms. The van der Waals surface area contributed by atoms with E-state index in [1.807, 2.05) is 25.1 Å². The molecule has 1 aromatic carbocycles. The van der Waals surface area contributed by atoms with Crippen LogP contribution >= 0.6 is 11.6 Å². The van der Waals surface area contributed by atoms with E-state index in [9.17, 15) is 13.2 Å². The maximum Gasteiger partial charge on any atom is 0.451 e. The molecule has 21 heavy (non-hydrogen) atoms. The maximum atomic E-state index is 12.6. The largest absolute Gasteiger partial charge is 0.451 e. The molecule has 0 aliphatic carbocycles. The highest BCUT2D eigenvalue weighted by Gasteiger charge is 2.35. The van der Waals surface area contributed by atoms with E-state index in [-0.39, 0.29) is 11.0 Å². The van der Waals surface area contributed by atoms with Crippen molar-refractivity contribution >= 4 is 17.3 Å². The van der Waals surface area contributed by atoms with Gasteiger partial charge in [-0.1, -0.05) is 17.7 Å². The number of alkyl halides is 3. The third-order valence-corrected chi connectivity index (χ3v) is 2.67. The number of ether oxygens (including phenoxy) is 1. The number of hydrogen-bond donors (Lipinski definition) is 0. The van der Waals surface area contributed by atoms with Crippen LogP contribution in [-0.2, 0) is 6.18 Å². The zero-order valence-corrected chi connectivity index (χ0v) is 11.9. The van der Waals surface area contributed by atoms with E-state index in [1.54, 1.807) is 18.2 Å². The summed E-state index contributed by atoms with van der Waals surface area (Å²) in [4.78, 5) is 8.29. The molecule has 0 saturated heterocycles. The monoisotopic (exact) mass is 317 g/mol. The summed E-state index contributed by atoms with van der Waals surface area (Å²) in [6.45, 7) is 0. The van der Waals surface area contributed by atoms with Crippen molar-refractivity contribution in [1.29, 1.82) is 0 Å². The number of aromatic nitrogens is 2. The average molecular weight is 318 g/mol. The molecule has 0 N–H and O–H groups in total. The molecule has 4 nitrogen and oxygen atoms in total. The summed E-state index contributed by atoms with van der Waals surface area (Å²) in [5.41, 5.74) is 0.837. The third-order valence-electron chi connectivity index (χ3n) is 2.48. The fourth-order valence-electron chi connectivity index (χ4n) is 1.52. The van der Waals surface area contributed by atoms with Crippen LogP contribution < -0.4 is 9.64 Å². The van der Waals surface area contributed by atoms with Gasteiger partial charge in [-0.05, 0) is 12.1 Å². The summed E-state index contributed by atoms with van der Waals surface area (Å²) in [5.74, 6) is -1.25. The Morgan fingerprint density at radius 3 is 2.48 bits per heavy atom. The van der Waals surface area contributed by atoms with Gasteiger partial charge in [-0.15, -0.1) is 0 Å². The van der Waals surface area contributed by atoms with Crippen molar-refractivity contribution in [3.63, 3.8) is 0 Å². The summed E-state index contributed by atoms with van der Waals surface area (Å²) in [5, 5.41) is -0.337. The number of hydrogen-bond acceptors (Lipinski definition) is 4. The fourth-order valence-corrected chi connectivity index (χ4v) is 1.70. The van der Waals surface area contributed by atoms with Gasteiger partial charge in [0.05, 0.1) is 0 Å². The van der Waals surface area contributed by atoms with Gasteiger partial charge >= 0.3 is 6.18 Å². The van der Waals surface area contributed by atoms with Crippen molar-refractivity contribution in [1.82, 2.24) is 9.97 Å². The van der Waals surface area contributed by atoms with Gasteiger partial charge in [0, 0.05) is 31.9 Å². The standard InChI is InChI=1S/C13H11ClF3N3O/c1-20(2)8-4-3-5-9(6-8)21-11-7-10(14)18-12(19-11)13(15,16)17/h3-7H,1-2H3. The van der Waals surface area contributed by atoms with Gasteiger partial charge in [-0.3, -0.25) is 0 Å². The molecule has 0 unspecified atom stereocenters. The van der Waals surface area contributed by atoms with Crippen LogP contribution in [0.15, 0.2) is 30.3 Å². The van der Waals surface area contributed by atoms with Crippen LogP contribution in [0.25, 0.3) is 0 Å². The fraction of sp³-hybridized carbons (Fsp3) is 0.231. The number of halogens is 4. The molecule has 1 heterocycles. The number of nitrogens with zero attached hydrogens (tertiary/aromatic N) is 3. The summed E-state index contributed by atoms with van der Waals surface area (Å²) >= 11 is 5.56. The molecule has 0 aliphatic heterocycles. The Labute approximate surface area is 124 Å². The molecule has 2 aromatic rings. The Morgan fingerprint density at radius 1 is 1.14 bits per heavy atom. The number of benzene rings is 1. The molecule has 0 bridgehead atoms. The van der Waals surface area contributed by atoms with Crippen molar-refractivity contribution in [3.8, 4) is 11.6 Å². The van der Waals surface area contributed by atoms with Gasteiger partial charge in [-0.2, -0.15) is 18.2 Å². The molecule has 0 aliphatic rings. The van der Waals surface area contributed by atoms with E-state index < -0.39 is 12.0 Å². The normalized spacial score (nSPS) is 11.3. The molecule has 0 radical (unpaired) electrons. The Kier molecular flexibility index (Phi) is 4.22. The molecular weight excluding hydrogens is 307 g/mol. The first-order chi connectivity index (χ1) is 9.75. The van der Waals surface area contributed by atoms with Crippen LogP contribution in [-0.4, -0.2) is 24.1 Å². The molecule has 0 saturated carbocycles. The summed E-state index contributed by atoms with van der Waals surface area (Å²) in [7, 11) is 3.67. The minimum Gasteiger partial charge on any atom is -0.439 e. The van der Waals surface area contributed by atoms with Crippen molar-refractivity contribution in [3.05, 3.63) is 41.3 Å². The lowest BCUT2D eigenvalue weighted by atomic mass is 10.3. The third kappa shape index (κ3) is 3.98. The van der Waals surface area contributed by atoms with E-state index in [0.29, 0.717) is 5.75 Å². The smallest absolute Gasteiger partial charge is 0.439 e. The molecule has 0 fully saturated rings. The minimum atomic E-state index is -4.69. The molecule has 0 atom stereocenters. The van der Waals surface area contributed by atoms with Crippen LogP contribution in [0.1, 0.15) is 5.82 Å². The predicted octanol–water partition coefficient (Wildman–Crippen LogP) is 4.01. The Hall–Kier alpha value is -2.02. The Morgan fingerprint density at radius 2 is 1.86 bits per heavy atom. The van der Waals surface area contributed by atoms with Gasteiger partial charge < -0.3 is 9.64 Å². The van der Waals surface area contributed by atoms with Gasteiger partial charge in [-0.25, -0.2) is 4.98 Å². The lowest BCUT2D eigenvalue weighted by Crippen LogP contribution is -2.11. The lowest BCUT2D eigenvalue weighted by molar-refractivity contribution is -0.145. The number of rotatable bonds is 3. The van der Waals surface area contributed by atoms with Gasteiger partial charge in [0.2, 0.25) is 11.7 Å². The van der Waals surface area contributed by atoms with Gasteiger partial charge in [0.1, 0.15) is 10.9 Å². The Balaban J connectivity index is 2.31. The lowest BCUT2D eigenvalue weighted by Gasteiger charge is -2.14. The van der Waals surface area contributed by atoms with Crippen LogP contribution in [0.3, 0.4) is 0 Å². The highest BCUT2D eigenvalue weighted by atomic mass is 35.5.